The predicted molar refractivity (Wildman–Crippen MR) is 131 cm³/mol. The highest BCUT2D eigenvalue weighted by molar-refractivity contribution is 7.99. The molecule has 0 saturated carbocycles. The number of hydrogen-bond donors (Lipinski definition) is 1. The van der Waals surface area contributed by atoms with Crippen molar-refractivity contribution < 1.29 is 14.3 Å². The SMILES string of the molecule is O=C(CSc1nc2c(cnn2-c2ccccc2)c(=O)[nH]1)N1CCCC1c1ccc2c(c1)OCCO2. The highest BCUT2D eigenvalue weighted by atomic mass is 32.2. The van der Waals surface area contributed by atoms with Crippen molar-refractivity contribution in [3.8, 4) is 17.2 Å². The number of aromatic nitrogens is 4. The molecule has 1 unspecified atom stereocenters. The third kappa shape index (κ3) is 4.14. The second kappa shape index (κ2) is 9.10. The van der Waals surface area contributed by atoms with Crippen LogP contribution in [0.2, 0.25) is 0 Å². The van der Waals surface area contributed by atoms with Crippen LogP contribution < -0.4 is 15.0 Å². The standard InChI is InChI=1S/C25H23N5O4S/c31-22(29-10-4-7-19(29)16-8-9-20-21(13-16)34-12-11-33-20)15-35-25-27-23-18(24(32)28-25)14-26-30(23)17-5-2-1-3-6-17/h1-3,5-6,8-9,13-14,19H,4,7,10-12,15H2,(H,27,28,32). The number of ether oxygens (including phenoxy) is 2. The molecule has 0 aliphatic carbocycles. The molecule has 4 aromatic rings. The first-order valence-electron chi connectivity index (χ1n) is 11.5. The smallest absolute Gasteiger partial charge is 0.262 e. The maximum absolute atomic E-state index is 13.2. The van der Waals surface area contributed by atoms with Crippen LogP contribution in [0, 0.1) is 0 Å². The van der Waals surface area contributed by atoms with Gasteiger partial charge in [-0.1, -0.05) is 36.0 Å². The molecule has 0 spiro atoms. The van der Waals surface area contributed by atoms with Gasteiger partial charge in [0.05, 0.1) is 23.7 Å². The summed E-state index contributed by atoms with van der Waals surface area (Å²) in [5, 5.41) is 5.13. The molecule has 35 heavy (non-hydrogen) atoms. The summed E-state index contributed by atoms with van der Waals surface area (Å²) in [5.74, 6) is 1.65. The number of H-pyrrole nitrogens is 1. The summed E-state index contributed by atoms with van der Waals surface area (Å²) in [6, 6.07) is 15.4. The molecule has 4 heterocycles. The van der Waals surface area contributed by atoms with E-state index in [4.69, 9.17) is 9.47 Å². The number of likely N-dealkylation sites (tertiary alicyclic amines) is 1. The van der Waals surface area contributed by atoms with Crippen LogP contribution in [-0.4, -0.2) is 56.1 Å². The molecule has 1 atom stereocenters. The molecule has 2 aromatic heterocycles. The molecule has 9 nitrogen and oxygen atoms in total. The van der Waals surface area contributed by atoms with E-state index < -0.39 is 0 Å². The highest BCUT2D eigenvalue weighted by Crippen LogP contribution is 2.38. The van der Waals surface area contributed by atoms with E-state index in [-0.39, 0.29) is 23.3 Å². The average molecular weight is 490 g/mol. The number of hydrogen-bond acceptors (Lipinski definition) is 7. The van der Waals surface area contributed by atoms with Crippen molar-refractivity contribution in [1.29, 1.82) is 0 Å². The van der Waals surface area contributed by atoms with Gasteiger partial charge >= 0.3 is 0 Å². The third-order valence-electron chi connectivity index (χ3n) is 6.27. The molecule has 10 heteroatoms. The number of para-hydroxylation sites is 1. The van der Waals surface area contributed by atoms with Crippen LogP contribution in [-0.2, 0) is 4.79 Å². The van der Waals surface area contributed by atoms with Crippen LogP contribution in [0.3, 0.4) is 0 Å². The van der Waals surface area contributed by atoms with Crippen LogP contribution in [0.25, 0.3) is 16.7 Å². The van der Waals surface area contributed by atoms with Gasteiger partial charge in [0.1, 0.15) is 18.6 Å². The van der Waals surface area contributed by atoms with Gasteiger partial charge in [-0.25, -0.2) is 9.67 Å². The summed E-state index contributed by atoms with van der Waals surface area (Å²) in [6.07, 6.45) is 3.34. The number of carbonyl (C=O) groups is 1. The van der Waals surface area contributed by atoms with Gasteiger partial charge in [0, 0.05) is 6.54 Å². The maximum Gasteiger partial charge on any atom is 0.262 e. The molecule has 2 aliphatic rings. The Morgan fingerprint density at radius 2 is 1.94 bits per heavy atom. The number of carbonyl (C=O) groups excluding carboxylic acids is 1. The third-order valence-corrected chi connectivity index (χ3v) is 7.13. The number of aromatic amines is 1. The largest absolute Gasteiger partial charge is 0.486 e. The summed E-state index contributed by atoms with van der Waals surface area (Å²) in [7, 11) is 0. The molecule has 1 N–H and O–H groups in total. The summed E-state index contributed by atoms with van der Waals surface area (Å²) in [6.45, 7) is 1.77. The topological polar surface area (TPSA) is 102 Å². The van der Waals surface area contributed by atoms with Crippen LogP contribution in [0.4, 0.5) is 0 Å². The predicted octanol–water partition coefficient (Wildman–Crippen LogP) is 3.34. The Hall–Kier alpha value is -3.79. The minimum atomic E-state index is -0.276. The second-order valence-corrected chi connectivity index (χ2v) is 9.40. The lowest BCUT2D eigenvalue weighted by atomic mass is 10.0. The molecule has 1 saturated heterocycles. The normalized spacial score (nSPS) is 17.1. The van der Waals surface area contributed by atoms with Crippen LogP contribution in [0.5, 0.6) is 11.5 Å². The van der Waals surface area contributed by atoms with Crippen molar-refractivity contribution in [2.24, 2.45) is 0 Å². The minimum absolute atomic E-state index is 0.00621. The Labute approximate surface area is 205 Å². The molecular weight excluding hydrogens is 466 g/mol. The zero-order valence-electron chi connectivity index (χ0n) is 18.8. The molecule has 178 valence electrons. The number of thioether (sulfide) groups is 1. The first kappa shape index (κ1) is 21.7. The van der Waals surface area contributed by atoms with E-state index in [1.165, 1.54) is 18.0 Å². The fraction of sp³-hybridized carbons (Fsp3) is 0.280. The van der Waals surface area contributed by atoms with Gasteiger partial charge in [-0.2, -0.15) is 5.10 Å². The maximum atomic E-state index is 13.2. The zero-order chi connectivity index (χ0) is 23.8. The molecule has 1 amide bonds. The Kier molecular flexibility index (Phi) is 5.65. The Bertz CT molecular complexity index is 1450. The van der Waals surface area contributed by atoms with E-state index in [0.717, 1.165) is 35.6 Å². The van der Waals surface area contributed by atoms with Gasteiger partial charge in [-0.3, -0.25) is 9.59 Å². The monoisotopic (exact) mass is 489 g/mol. The molecule has 1 fully saturated rings. The number of benzene rings is 2. The van der Waals surface area contributed by atoms with E-state index in [1.54, 1.807) is 4.68 Å². The minimum Gasteiger partial charge on any atom is -0.486 e. The van der Waals surface area contributed by atoms with Gasteiger partial charge in [-0.05, 0) is 42.7 Å². The van der Waals surface area contributed by atoms with Crippen molar-refractivity contribution in [1.82, 2.24) is 24.6 Å². The van der Waals surface area contributed by atoms with Gasteiger partial charge in [0.15, 0.2) is 22.3 Å². The van der Waals surface area contributed by atoms with Crippen LogP contribution in [0.1, 0.15) is 24.4 Å². The van der Waals surface area contributed by atoms with Gasteiger partial charge in [-0.15, -0.1) is 0 Å². The summed E-state index contributed by atoms with van der Waals surface area (Å²) in [4.78, 5) is 35.1. The average Bonchev–Trinajstić information content (AvgIpc) is 3.56. The first-order chi connectivity index (χ1) is 17.2. The fourth-order valence-corrected chi connectivity index (χ4v) is 5.36. The number of amides is 1. The van der Waals surface area contributed by atoms with E-state index >= 15 is 0 Å². The molecular formula is C25H23N5O4S. The molecule has 2 aromatic carbocycles. The van der Waals surface area contributed by atoms with Crippen molar-refractivity contribution >= 4 is 28.7 Å². The number of fused-ring (bicyclic) bond motifs is 2. The summed E-state index contributed by atoms with van der Waals surface area (Å²) in [5.41, 5.74) is 2.05. The van der Waals surface area contributed by atoms with E-state index in [1.807, 2.05) is 53.4 Å². The lowest BCUT2D eigenvalue weighted by molar-refractivity contribution is -0.129. The second-order valence-electron chi connectivity index (χ2n) is 8.44. The molecule has 2 aliphatic heterocycles. The van der Waals surface area contributed by atoms with Gasteiger partial charge in [0.2, 0.25) is 5.91 Å². The van der Waals surface area contributed by atoms with Crippen molar-refractivity contribution in [2.45, 2.75) is 24.0 Å². The van der Waals surface area contributed by atoms with Gasteiger partial charge in [0.25, 0.3) is 5.56 Å². The van der Waals surface area contributed by atoms with E-state index in [2.05, 4.69) is 15.1 Å². The zero-order valence-corrected chi connectivity index (χ0v) is 19.7. The van der Waals surface area contributed by atoms with Crippen LogP contribution in [0.15, 0.2) is 64.7 Å². The first-order valence-corrected chi connectivity index (χ1v) is 12.5. The number of rotatable bonds is 5. The van der Waals surface area contributed by atoms with Crippen molar-refractivity contribution in [3.05, 3.63) is 70.6 Å². The Morgan fingerprint density at radius 1 is 1.11 bits per heavy atom. The molecule has 6 rings (SSSR count). The lowest BCUT2D eigenvalue weighted by Gasteiger charge is -2.26. The van der Waals surface area contributed by atoms with Crippen molar-refractivity contribution in [2.75, 3.05) is 25.5 Å². The van der Waals surface area contributed by atoms with Crippen molar-refractivity contribution in [3.63, 3.8) is 0 Å². The Morgan fingerprint density at radius 3 is 2.80 bits per heavy atom. The number of nitrogens with zero attached hydrogens (tertiary/aromatic N) is 4. The highest BCUT2D eigenvalue weighted by Gasteiger charge is 2.31. The lowest BCUT2D eigenvalue weighted by Crippen LogP contribution is -2.32. The quantitative estimate of drug-likeness (QED) is 0.339. The van der Waals surface area contributed by atoms with Gasteiger partial charge < -0.3 is 19.4 Å². The molecule has 0 bridgehead atoms. The van der Waals surface area contributed by atoms with E-state index in [0.29, 0.717) is 35.9 Å². The van der Waals surface area contributed by atoms with E-state index in [9.17, 15) is 9.59 Å². The van der Waals surface area contributed by atoms with Crippen LogP contribution >= 0.6 is 11.8 Å². The Balaban J connectivity index is 1.20. The number of nitrogens with one attached hydrogen (secondary N) is 1. The molecule has 0 radical (unpaired) electrons. The fourth-order valence-electron chi connectivity index (χ4n) is 4.62. The summed E-state index contributed by atoms with van der Waals surface area (Å²) >= 11 is 1.23. The summed E-state index contributed by atoms with van der Waals surface area (Å²) < 4.78 is 13.0.